The minimum atomic E-state index is -3.53. The molecule has 0 bridgehead atoms. The van der Waals surface area contributed by atoms with E-state index in [1.54, 1.807) is 6.20 Å². The summed E-state index contributed by atoms with van der Waals surface area (Å²) in [5, 5.41) is 3.38. The van der Waals surface area contributed by atoms with Gasteiger partial charge < -0.3 is 9.09 Å². The van der Waals surface area contributed by atoms with Crippen molar-refractivity contribution >= 4 is 10.0 Å². The molecule has 102 valence electrons. The van der Waals surface area contributed by atoms with Crippen LogP contribution in [0.4, 0.5) is 0 Å². The van der Waals surface area contributed by atoms with E-state index in [1.165, 1.54) is 19.0 Å². The summed E-state index contributed by atoms with van der Waals surface area (Å²) in [5.74, 6) is 1.59. The molecule has 1 N–H and O–H groups in total. The fourth-order valence-electron chi connectivity index (χ4n) is 1.92. The van der Waals surface area contributed by atoms with E-state index in [1.807, 2.05) is 10.8 Å². The van der Waals surface area contributed by atoms with Gasteiger partial charge in [-0.05, 0) is 12.8 Å². The average Bonchev–Trinajstić information content (AvgIpc) is 2.92. The summed E-state index contributed by atoms with van der Waals surface area (Å²) in [6.07, 6.45) is 8.25. The summed E-state index contributed by atoms with van der Waals surface area (Å²) in [7, 11) is -3.53. The number of hydrogen-bond donors (Lipinski definition) is 1. The van der Waals surface area contributed by atoms with Gasteiger partial charge in [-0.3, -0.25) is 0 Å². The maximum Gasteiger partial charge on any atom is 0.245 e. The molecule has 2 aromatic rings. The highest BCUT2D eigenvalue weighted by Gasteiger charge is 2.27. The molecule has 0 saturated heterocycles. The van der Waals surface area contributed by atoms with Crippen molar-refractivity contribution in [2.45, 2.75) is 30.2 Å². The van der Waals surface area contributed by atoms with Gasteiger partial charge in [0.1, 0.15) is 17.0 Å². The minimum Gasteiger partial charge on any atom is -0.363 e. The number of imidazole rings is 1. The van der Waals surface area contributed by atoms with E-state index < -0.39 is 10.0 Å². The first kappa shape index (κ1) is 12.4. The molecule has 0 aromatic carbocycles. The van der Waals surface area contributed by atoms with Crippen molar-refractivity contribution < 1.29 is 12.9 Å². The van der Waals surface area contributed by atoms with Crippen molar-refractivity contribution in [2.24, 2.45) is 0 Å². The van der Waals surface area contributed by atoms with Crippen LogP contribution in [0.5, 0.6) is 0 Å². The summed E-state index contributed by atoms with van der Waals surface area (Å²) < 4.78 is 32.7. The summed E-state index contributed by atoms with van der Waals surface area (Å²) in [4.78, 5) is 4.35. The number of sulfonamides is 1. The number of hydrogen-bond acceptors (Lipinski definition) is 5. The molecule has 19 heavy (non-hydrogen) atoms. The monoisotopic (exact) mass is 282 g/mol. The third kappa shape index (κ3) is 2.69. The van der Waals surface area contributed by atoms with E-state index in [9.17, 15) is 8.42 Å². The van der Waals surface area contributed by atoms with Crippen LogP contribution in [0.15, 0.2) is 34.3 Å². The molecular weight excluding hydrogens is 268 g/mol. The SMILES string of the molecule is O=S(=O)(NCCn1ccnc1C1CC1)c1cnoc1. The maximum absolute atomic E-state index is 11.8. The molecule has 1 aliphatic carbocycles. The van der Waals surface area contributed by atoms with Gasteiger partial charge in [0.25, 0.3) is 0 Å². The van der Waals surface area contributed by atoms with Gasteiger partial charge in [-0.25, -0.2) is 18.1 Å². The Balaban J connectivity index is 1.60. The van der Waals surface area contributed by atoms with Crippen LogP contribution in [0.1, 0.15) is 24.6 Å². The zero-order valence-electron chi connectivity index (χ0n) is 10.2. The topological polar surface area (TPSA) is 90.0 Å². The molecule has 2 heterocycles. The lowest BCUT2D eigenvalue weighted by Gasteiger charge is -2.08. The van der Waals surface area contributed by atoms with Crippen LogP contribution >= 0.6 is 0 Å². The molecule has 0 atom stereocenters. The number of aromatic nitrogens is 3. The van der Waals surface area contributed by atoms with Crippen LogP contribution in [-0.2, 0) is 16.6 Å². The predicted molar refractivity (Wildman–Crippen MR) is 65.9 cm³/mol. The van der Waals surface area contributed by atoms with Gasteiger partial charge >= 0.3 is 0 Å². The third-order valence-corrected chi connectivity index (χ3v) is 4.46. The largest absolute Gasteiger partial charge is 0.363 e. The molecule has 1 saturated carbocycles. The molecule has 1 aliphatic rings. The van der Waals surface area contributed by atoms with Gasteiger partial charge in [-0.2, -0.15) is 0 Å². The van der Waals surface area contributed by atoms with E-state index >= 15 is 0 Å². The first-order valence-electron chi connectivity index (χ1n) is 6.07. The Labute approximate surface area is 110 Å². The van der Waals surface area contributed by atoms with Gasteiger partial charge in [0.05, 0.1) is 6.20 Å². The van der Waals surface area contributed by atoms with Crippen LogP contribution < -0.4 is 4.72 Å². The molecule has 0 unspecified atom stereocenters. The second kappa shape index (κ2) is 4.78. The van der Waals surface area contributed by atoms with Crippen molar-refractivity contribution in [2.75, 3.05) is 6.54 Å². The highest BCUT2D eigenvalue weighted by molar-refractivity contribution is 7.89. The molecular formula is C11H14N4O3S. The number of nitrogens with zero attached hydrogens (tertiary/aromatic N) is 3. The van der Waals surface area contributed by atoms with Crippen LogP contribution in [0.2, 0.25) is 0 Å². The summed E-state index contributed by atoms with van der Waals surface area (Å²) in [5.41, 5.74) is 0. The number of nitrogens with one attached hydrogen (secondary N) is 1. The fraction of sp³-hybridized carbons (Fsp3) is 0.455. The van der Waals surface area contributed by atoms with Gasteiger partial charge in [0, 0.05) is 31.4 Å². The molecule has 7 nitrogen and oxygen atoms in total. The van der Waals surface area contributed by atoms with Crippen LogP contribution in [0.25, 0.3) is 0 Å². The highest BCUT2D eigenvalue weighted by Crippen LogP contribution is 2.38. The van der Waals surface area contributed by atoms with E-state index in [0.29, 0.717) is 19.0 Å². The average molecular weight is 282 g/mol. The lowest BCUT2D eigenvalue weighted by molar-refractivity contribution is 0.417. The Morgan fingerprint density at radius 1 is 1.47 bits per heavy atom. The zero-order chi connectivity index (χ0) is 13.3. The molecule has 8 heteroatoms. The van der Waals surface area contributed by atoms with Crippen LogP contribution in [-0.4, -0.2) is 29.7 Å². The van der Waals surface area contributed by atoms with Crippen molar-refractivity contribution in [3.05, 3.63) is 30.7 Å². The molecule has 1 fully saturated rings. The first-order chi connectivity index (χ1) is 9.17. The van der Waals surface area contributed by atoms with Crippen molar-refractivity contribution in [1.29, 1.82) is 0 Å². The van der Waals surface area contributed by atoms with Gasteiger partial charge in [-0.1, -0.05) is 5.16 Å². The second-order valence-corrected chi connectivity index (χ2v) is 6.28. The van der Waals surface area contributed by atoms with Gasteiger partial charge in [0.2, 0.25) is 10.0 Å². The third-order valence-electron chi connectivity index (χ3n) is 3.05. The second-order valence-electron chi connectivity index (χ2n) is 4.51. The Kier molecular flexibility index (Phi) is 3.11. The summed E-state index contributed by atoms with van der Waals surface area (Å²) in [6.45, 7) is 0.875. The summed E-state index contributed by atoms with van der Waals surface area (Å²) >= 11 is 0. The Morgan fingerprint density at radius 2 is 2.32 bits per heavy atom. The highest BCUT2D eigenvalue weighted by atomic mass is 32.2. The molecule has 0 amide bonds. The smallest absolute Gasteiger partial charge is 0.245 e. The fourth-order valence-corrected chi connectivity index (χ4v) is 2.80. The van der Waals surface area contributed by atoms with Gasteiger partial charge in [0.15, 0.2) is 0 Å². The quantitative estimate of drug-likeness (QED) is 0.843. The van der Waals surface area contributed by atoms with E-state index in [0.717, 1.165) is 12.1 Å². The Hall–Kier alpha value is -1.67. The van der Waals surface area contributed by atoms with Crippen LogP contribution in [0.3, 0.4) is 0 Å². The van der Waals surface area contributed by atoms with Crippen molar-refractivity contribution in [1.82, 2.24) is 19.4 Å². The summed E-state index contributed by atoms with van der Waals surface area (Å²) in [6, 6.07) is 0. The normalized spacial score (nSPS) is 15.8. The van der Waals surface area contributed by atoms with Crippen LogP contribution in [0, 0.1) is 0 Å². The molecule has 0 aliphatic heterocycles. The predicted octanol–water partition coefficient (Wildman–Crippen LogP) is 0.727. The Bertz CT molecular complexity index is 643. The van der Waals surface area contributed by atoms with E-state index in [4.69, 9.17) is 0 Å². The van der Waals surface area contributed by atoms with Crippen molar-refractivity contribution in [3.63, 3.8) is 0 Å². The molecule has 0 spiro atoms. The Morgan fingerprint density at radius 3 is 3.00 bits per heavy atom. The lowest BCUT2D eigenvalue weighted by Crippen LogP contribution is -2.27. The maximum atomic E-state index is 11.8. The molecule has 0 radical (unpaired) electrons. The number of rotatable bonds is 6. The van der Waals surface area contributed by atoms with E-state index in [2.05, 4.69) is 19.4 Å². The standard InChI is InChI=1S/C11H14N4O3S/c16-19(17,10-7-13-18-8-10)14-4-6-15-5-3-12-11(15)9-1-2-9/h3,5,7-9,14H,1-2,4,6H2. The minimum absolute atomic E-state index is 0.0422. The molecule has 2 aromatic heterocycles. The lowest BCUT2D eigenvalue weighted by atomic mass is 10.4. The van der Waals surface area contributed by atoms with Gasteiger partial charge in [-0.15, -0.1) is 0 Å². The first-order valence-corrected chi connectivity index (χ1v) is 7.55. The zero-order valence-corrected chi connectivity index (χ0v) is 11.0. The van der Waals surface area contributed by atoms with E-state index in [-0.39, 0.29) is 4.90 Å². The van der Waals surface area contributed by atoms with Crippen molar-refractivity contribution in [3.8, 4) is 0 Å². The molecule has 3 rings (SSSR count).